The fourth-order valence-electron chi connectivity index (χ4n) is 2.74. The molecule has 0 saturated heterocycles. The third-order valence-electron chi connectivity index (χ3n) is 3.99. The number of primary amides is 1. The SMILES string of the molecule is NC(=O)c1cccc2c(-c3ncnc(NCc4cccc(F)c4)n3)[nH]nc12. The summed E-state index contributed by atoms with van der Waals surface area (Å²) in [7, 11) is 0. The van der Waals surface area contributed by atoms with Crippen molar-refractivity contribution in [2.75, 3.05) is 5.32 Å². The van der Waals surface area contributed by atoms with Gasteiger partial charge in [-0.05, 0) is 23.8 Å². The predicted molar refractivity (Wildman–Crippen MR) is 97.2 cm³/mol. The van der Waals surface area contributed by atoms with Crippen LogP contribution in [-0.4, -0.2) is 31.1 Å². The maximum Gasteiger partial charge on any atom is 0.250 e. The summed E-state index contributed by atoms with van der Waals surface area (Å²) in [5.41, 5.74) is 7.46. The number of nitrogens with zero attached hydrogens (tertiary/aromatic N) is 4. The van der Waals surface area contributed by atoms with Crippen LogP contribution in [0.15, 0.2) is 48.8 Å². The van der Waals surface area contributed by atoms with Crippen LogP contribution in [0.3, 0.4) is 0 Å². The van der Waals surface area contributed by atoms with E-state index in [0.29, 0.717) is 40.5 Å². The molecule has 0 fully saturated rings. The maximum absolute atomic E-state index is 13.3. The minimum Gasteiger partial charge on any atom is -0.366 e. The molecule has 27 heavy (non-hydrogen) atoms. The van der Waals surface area contributed by atoms with Crippen LogP contribution in [0.5, 0.6) is 0 Å². The Kier molecular flexibility index (Phi) is 4.17. The van der Waals surface area contributed by atoms with Crippen molar-refractivity contribution in [3.63, 3.8) is 0 Å². The molecule has 0 aliphatic carbocycles. The Morgan fingerprint density at radius 2 is 2.04 bits per heavy atom. The van der Waals surface area contributed by atoms with Crippen molar-refractivity contribution in [2.45, 2.75) is 6.54 Å². The lowest BCUT2D eigenvalue weighted by molar-refractivity contribution is 0.100. The van der Waals surface area contributed by atoms with E-state index in [2.05, 4.69) is 30.5 Å². The number of anilines is 1. The number of fused-ring (bicyclic) bond motifs is 1. The lowest BCUT2D eigenvalue weighted by atomic mass is 10.1. The smallest absolute Gasteiger partial charge is 0.250 e. The molecule has 4 N–H and O–H groups in total. The zero-order valence-electron chi connectivity index (χ0n) is 14.0. The van der Waals surface area contributed by atoms with Gasteiger partial charge in [-0.15, -0.1) is 0 Å². The van der Waals surface area contributed by atoms with Crippen LogP contribution >= 0.6 is 0 Å². The molecule has 2 aromatic carbocycles. The van der Waals surface area contributed by atoms with Crippen LogP contribution in [0, 0.1) is 5.82 Å². The van der Waals surface area contributed by atoms with Gasteiger partial charge < -0.3 is 11.1 Å². The van der Waals surface area contributed by atoms with Gasteiger partial charge in [0.1, 0.15) is 23.4 Å². The molecule has 9 heteroatoms. The van der Waals surface area contributed by atoms with E-state index < -0.39 is 5.91 Å². The third-order valence-corrected chi connectivity index (χ3v) is 3.99. The number of aromatic nitrogens is 5. The van der Waals surface area contributed by atoms with Crippen molar-refractivity contribution in [2.24, 2.45) is 5.73 Å². The molecule has 8 nitrogen and oxygen atoms in total. The van der Waals surface area contributed by atoms with E-state index in [1.165, 1.54) is 18.5 Å². The summed E-state index contributed by atoms with van der Waals surface area (Å²) < 4.78 is 13.3. The molecule has 4 aromatic rings. The summed E-state index contributed by atoms with van der Waals surface area (Å²) in [4.78, 5) is 24.2. The van der Waals surface area contributed by atoms with E-state index in [1.807, 2.05) is 0 Å². The fraction of sp³-hybridized carbons (Fsp3) is 0.0556. The number of benzene rings is 2. The van der Waals surface area contributed by atoms with Crippen molar-refractivity contribution in [1.82, 2.24) is 25.1 Å². The predicted octanol–water partition coefficient (Wildman–Crippen LogP) is 2.26. The van der Waals surface area contributed by atoms with Crippen molar-refractivity contribution in [1.29, 1.82) is 0 Å². The quantitative estimate of drug-likeness (QED) is 0.500. The largest absolute Gasteiger partial charge is 0.366 e. The monoisotopic (exact) mass is 363 g/mol. The van der Waals surface area contributed by atoms with E-state index in [-0.39, 0.29) is 5.82 Å². The number of H-pyrrole nitrogens is 1. The molecular formula is C18H14FN7O. The first kappa shape index (κ1) is 16.6. The zero-order chi connectivity index (χ0) is 18.8. The Labute approximate surface area is 152 Å². The molecular weight excluding hydrogens is 349 g/mol. The van der Waals surface area contributed by atoms with Crippen molar-refractivity contribution < 1.29 is 9.18 Å². The number of rotatable bonds is 5. The van der Waals surface area contributed by atoms with Crippen LogP contribution in [-0.2, 0) is 6.54 Å². The van der Waals surface area contributed by atoms with Crippen LogP contribution in [0.25, 0.3) is 22.4 Å². The Morgan fingerprint density at radius 1 is 1.19 bits per heavy atom. The Hall–Kier alpha value is -3.88. The first-order valence-electron chi connectivity index (χ1n) is 8.06. The molecule has 0 saturated carbocycles. The number of para-hydroxylation sites is 1. The number of hydrogen-bond donors (Lipinski definition) is 3. The number of amides is 1. The second-order valence-electron chi connectivity index (χ2n) is 5.78. The van der Waals surface area contributed by atoms with E-state index in [4.69, 9.17) is 5.73 Å². The number of hydrogen-bond acceptors (Lipinski definition) is 6. The standard InChI is InChI=1S/C18H14FN7O/c19-11-4-1-3-10(7-11)8-21-18-23-9-22-17(24-18)15-12-5-2-6-13(16(20)27)14(12)25-26-15/h1-7,9H,8H2,(H2,20,27)(H,25,26)(H,21,22,23,24). The minimum absolute atomic E-state index is 0.306. The van der Waals surface area contributed by atoms with Gasteiger partial charge in [-0.2, -0.15) is 10.1 Å². The van der Waals surface area contributed by atoms with Gasteiger partial charge in [0.25, 0.3) is 5.91 Å². The van der Waals surface area contributed by atoms with Gasteiger partial charge in [0.2, 0.25) is 5.95 Å². The van der Waals surface area contributed by atoms with E-state index in [9.17, 15) is 9.18 Å². The second-order valence-corrected chi connectivity index (χ2v) is 5.78. The zero-order valence-corrected chi connectivity index (χ0v) is 14.0. The number of carbonyl (C=O) groups excluding carboxylic acids is 1. The summed E-state index contributed by atoms with van der Waals surface area (Å²) in [6.45, 7) is 0.358. The minimum atomic E-state index is -0.563. The summed E-state index contributed by atoms with van der Waals surface area (Å²) in [5.74, 6) is -0.180. The number of nitrogens with two attached hydrogens (primary N) is 1. The van der Waals surface area contributed by atoms with E-state index in [1.54, 1.807) is 30.3 Å². The molecule has 134 valence electrons. The van der Waals surface area contributed by atoms with Crippen LogP contribution in [0.2, 0.25) is 0 Å². The third kappa shape index (κ3) is 3.30. The molecule has 0 unspecified atom stereocenters. The van der Waals surface area contributed by atoms with E-state index in [0.717, 1.165) is 5.56 Å². The maximum atomic E-state index is 13.3. The topological polar surface area (TPSA) is 122 Å². The van der Waals surface area contributed by atoms with Crippen LogP contribution in [0.4, 0.5) is 10.3 Å². The molecule has 2 aromatic heterocycles. The van der Waals surface area contributed by atoms with Gasteiger partial charge in [0.15, 0.2) is 5.82 Å². The first-order valence-corrected chi connectivity index (χ1v) is 8.06. The van der Waals surface area contributed by atoms with Gasteiger partial charge in [0.05, 0.1) is 5.56 Å². The molecule has 0 aliphatic rings. The molecule has 0 bridgehead atoms. The molecule has 2 heterocycles. The van der Waals surface area contributed by atoms with Crippen LogP contribution < -0.4 is 11.1 Å². The van der Waals surface area contributed by atoms with Crippen molar-refractivity contribution in [3.8, 4) is 11.5 Å². The highest BCUT2D eigenvalue weighted by Gasteiger charge is 2.15. The average Bonchev–Trinajstić information content (AvgIpc) is 3.11. The van der Waals surface area contributed by atoms with Crippen molar-refractivity contribution in [3.05, 3.63) is 65.7 Å². The molecule has 1 amide bonds. The van der Waals surface area contributed by atoms with Gasteiger partial charge in [0, 0.05) is 11.9 Å². The highest BCUT2D eigenvalue weighted by Crippen LogP contribution is 2.25. The number of aromatic amines is 1. The van der Waals surface area contributed by atoms with Gasteiger partial charge in [-0.1, -0.05) is 24.3 Å². The fourth-order valence-corrected chi connectivity index (χ4v) is 2.74. The molecule has 0 spiro atoms. The van der Waals surface area contributed by atoms with E-state index >= 15 is 0 Å². The molecule has 0 atom stereocenters. The molecule has 0 aliphatic heterocycles. The molecule has 4 rings (SSSR count). The lowest BCUT2D eigenvalue weighted by Crippen LogP contribution is -2.11. The number of nitrogens with one attached hydrogen (secondary N) is 2. The summed E-state index contributed by atoms with van der Waals surface area (Å²) in [6, 6.07) is 11.4. The lowest BCUT2D eigenvalue weighted by Gasteiger charge is -2.06. The van der Waals surface area contributed by atoms with Gasteiger partial charge >= 0.3 is 0 Å². The number of carbonyl (C=O) groups is 1. The van der Waals surface area contributed by atoms with Gasteiger partial charge in [-0.3, -0.25) is 9.89 Å². The number of halogens is 1. The summed E-state index contributed by atoms with van der Waals surface area (Å²) in [5, 5.41) is 10.7. The van der Waals surface area contributed by atoms with Crippen LogP contribution in [0.1, 0.15) is 15.9 Å². The Balaban J connectivity index is 1.64. The first-order chi connectivity index (χ1) is 13.1. The second kappa shape index (κ2) is 6.79. The summed E-state index contributed by atoms with van der Waals surface area (Å²) >= 11 is 0. The molecule has 0 radical (unpaired) electrons. The normalized spacial score (nSPS) is 10.9. The average molecular weight is 363 g/mol. The summed E-state index contributed by atoms with van der Waals surface area (Å²) in [6.07, 6.45) is 1.36. The highest BCUT2D eigenvalue weighted by molar-refractivity contribution is 6.07. The highest BCUT2D eigenvalue weighted by atomic mass is 19.1. The van der Waals surface area contributed by atoms with Crippen molar-refractivity contribution >= 4 is 22.8 Å². The Morgan fingerprint density at radius 3 is 2.85 bits per heavy atom. The Bertz CT molecular complexity index is 1140. The van der Waals surface area contributed by atoms with Gasteiger partial charge in [-0.25, -0.2) is 14.4 Å².